The van der Waals surface area contributed by atoms with Crippen molar-refractivity contribution in [2.45, 2.75) is 6.42 Å². The zero-order chi connectivity index (χ0) is 10.4. The van der Waals surface area contributed by atoms with Gasteiger partial charge in [0.2, 0.25) is 0 Å². The number of hydrogen-bond acceptors (Lipinski definition) is 2. The fourth-order valence-electron chi connectivity index (χ4n) is 1.27. The van der Waals surface area contributed by atoms with Crippen LogP contribution in [0.1, 0.15) is 6.42 Å². The van der Waals surface area contributed by atoms with Crippen LogP contribution in [-0.4, -0.2) is 26.6 Å². The third-order valence-corrected chi connectivity index (χ3v) is 2.39. The SMILES string of the molecule is COc1cccc(N(C)CCCCl)c1. The molecule has 0 saturated carbocycles. The van der Waals surface area contributed by atoms with Crippen molar-refractivity contribution in [3.63, 3.8) is 0 Å². The molecule has 1 aromatic rings. The second-order valence-electron chi connectivity index (χ2n) is 3.17. The van der Waals surface area contributed by atoms with Gasteiger partial charge in [-0.15, -0.1) is 11.6 Å². The molecule has 0 saturated heterocycles. The van der Waals surface area contributed by atoms with Gasteiger partial charge in [0.15, 0.2) is 0 Å². The van der Waals surface area contributed by atoms with Gasteiger partial charge in [-0.05, 0) is 18.6 Å². The van der Waals surface area contributed by atoms with Crippen molar-refractivity contribution in [1.82, 2.24) is 0 Å². The molecule has 78 valence electrons. The van der Waals surface area contributed by atoms with Crippen molar-refractivity contribution in [3.8, 4) is 5.75 Å². The third-order valence-electron chi connectivity index (χ3n) is 2.12. The highest BCUT2D eigenvalue weighted by atomic mass is 35.5. The first-order valence-electron chi connectivity index (χ1n) is 4.69. The normalized spacial score (nSPS) is 9.93. The van der Waals surface area contributed by atoms with Crippen LogP contribution in [0.2, 0.25) is 0 Å². The summed E-state index contributed by atoms with van der Waals surface area (Å²) < 4.78 is 5.16. The van der Waals surface area contributed by atoms with E-state index < -0.39 is 0 Å². The highest BCUT2D eigenvalue weighted by Crippen LogP contribution is 2.19. The van der Waals surface area contributed by atoms with E-state index in [0.717, 1.165) is 24.4 Å². The monoisotopic (exact) mass is 213 g/mol. The van der Waals surface area contributed by atoms with Crippen molar-refractivity contribution in [2.75, 3.05) is 31.5 Å². The molecule has 3 heteroatoms. The van der Waals surface area contributed by atoms with Crippen LogP contribution in [0, 0.1) is 0 Å². The van der Waals surface area contributed by atoms with Crippen LogP contribution < -0.4 is 9.64 Å². The van der Waals surface area contributed by atoms with E-state index in [2.05, 4.69) is 18.0 Å². The Morgan fingerprint density at radius 1 is 1.43 bits per heavy atom. The lowest BCUT2D eigenvalue weighted by atomic mass is 10.2. The highest BCUT2D eigenvalue weighted by molar-refractivity contribution is 6.17. The van der Waals surface area contributed by atoms with E-state index in [9.17, 15) is 0 Å². The van der Waals surface area contributed by atoms with Gasteiger partial charge in [-0.1, -0.05) is 6.07 Å². The Hall–Kier alpha value is -0.890. The Bertz CT molecular complexity index is 278. The predicted octanol–water partition coefficient (Wildman–Crippen LogP) is 2.76. The van der Waals surface area contributed by atoms with Gasteiger partial charge in [0.25, 0.3) is 0 Å². The first-order chi connectivity index (χ1) is 6.77. The lowest BCUT2D eigenvalue weighted by molar-refractivity contribution is 0.415. The molecular formula is C11H16ClNO. The smallest absolute Gasteiger partial charge is 0.120 e. The first kappa shape index (κ1) is 11.2. The predicted molar refractivity (Wildman–Crippen MR) is 61.6 cm³/mol. The molecule has 0 radical (unpaired) electrons. The van der Waals surface area contributed by atoms with Gasteiger partial charge in [-0.3, -0.25) is 0 Å². The minimum atomic E-state index is 0.703. The topological polar surface area (TPSA) is 12.5 Å². The van der Waals surface area contributed by atoms with Crippen LogP contribution in [0.25, 0.3) is 0 Å². The lowest BCUT2D eigenvalue weighted by Crippen LogP contribution is -2.18. The zero-order valence-corrected chi connectivity index (χ0v) is 9.42. The van der Waals surface area contributed by atoms with E-state index in [1.54, 1.807) is 7.11 Å². The van der Waals surface area contributed by atoms with E-state index in [0.29, 0.717) is 5.88 Å². The van der Waals surface area contributed by atoms with Gasteiger partial charge < -0.3 is 9.64 Å². The van der Waals surface area contributed by atoms with E-state index in [-0.39, 0.29) is 0 Å². The molecule has 0 heterocycles. The Balaban J connectivity index is 2.64. The molecule has 0 bridgehead atoms. The molecule has 2 nitrogen and oxygen atoms in total. The van der Waals surface area contributed by atoms with Crippen LogP contribution in [0.3, 0.4) is 0 Å². The van der Waals surface area contributed by atoms with Crippen molar-refractivity contribution < 1.29 is 4.74 Å². The van der Waals surface area contributed by atoms with Crippen molar-refractivity contribution in [3.05, 3.63) is 24.3 Å². The van der Waals surface area contributed by atoms with Crippen molar-refractivity contribution in [2.24, 2.45) is 0 Å². The summed E-state index contributed by atoms with van der Waals surface area (Å²) in [7, 11) is 3.74. The van der Waals surface area contributed by atoms with Gasteiger partial charge in [0.1, 0.15) is 5.75 Å². The van der Waals surface area contributed by atoms with E-state index in [1.165, 1.54) is 0 Å². The molecule has 0 aliphatic heterocycles. The standard InChI is InChI=1S/C11H16ClNO/c1-13(8-4-7-12)10-5-3-6-11(9-10)14-2/h3,5-6,9H,4,7-8H2,1-2H3. The zero-order valence-electron chi connectivity index (χ0n) is 8.66. The fourth-order valence-corrected chi connectivity index (χ4v) is 1.39. The summed E-state index contributed by atoms with van der Waals surface area (Å²) in [5.41, 5.74) is 1.16. The Morgan fingerprint density at radius 3 is 2.86 bits per heavy atom. The summed E-state index contributed by atoms with van der Waals surface area (Å²) in [6.45, 7) is 0.969. The maximum absolute atomic E-state index is 5.64. The van der Waals surface area contributed by atoms with Crippen LogP contribution >= 0.6 is 11.6 Å². The quantitative estimate of drug-likeness (QED) is 0.698. The Morgan fingerprint density at radius 2 is 2.21 bits per heavy atom. The number of methoxy groups -OCH3 is 1. The minimum absolute atomic E-state index is 0.703. The Kier molecular flexibility index (Phi) is 4.60. The molecule has 0 aliphatic rings. The number of nitrogens with zero attached hydrogens (tertiary/aromatic N) is 1. The van der Waals surface area contributed by atoms with Crippen LogP contribution in [0.5, 0.6) is 5.75 Å². The summed E-state index contributed by atoms with van der Waals surface area (Å²) in [6.07, 6.45) is 0.995. The van der Waals surface area contributed by atoms with Crippen molar-refractivity contribution in [1.29, 1.82) is 0 Å². The lowest BCUT2D eigenvalue weighted by Gasteiger charge is -2.19. The summed E-state index contributed by atoms with van der Waals surface area (Å²) in [4.78, 5) is 2.17. The molecule has 0 fully saturated rings. The van der Waals surface area contributed by atoms with Crippen LogP contribution in [0.4, 0.5) is 5.69 Å². The van der Waals surface area contributed by atoms with Gasteiger partial charge in [0.05, 0.1) is 7.11 Å². The van der Waals surface area contributed by atoms with E-state index in [4.69, 9.17) is 16.3 Å². The number of anilines is 1. The second-order valence-corrected chi connectivity index (χ2v) is 3.54. The van der Waals surface area contributed by atoms with Gasteiger partial charge in [0, 0.05) is 31.2 Å². The average Bonchev–Trinajstić information content (AvgIpc) is 2.26. The number of hydrogen-bond donors (Lipinski definition) is 0. The molecule has 1 aromatic carbocycles. The Labute approximate surface area is 90.4 Å². The number of ether oxygens (including phenoxy) is 1. The number of benzene rings is 1. The molecule has 0 atom stereocenters. The van der Waals surface area contributed by atoms with Crippen molar-refractivity contribution >= 4 is 17.3 Å². The average molecular weight is 214 g/mol. The van der Waals surface area contributed by atoms with E-state index >= 15 is 0 Å². The van der Waals surface area contributed by atoms with Gasteiger partial charge in [-0.2, -0.15) is 0 Å². The molecule has 0 aromatic heterocycles. The fraction of sp³-hybridized carbons (Fsp3) is 0.455. The maximum atomic E-state index is 5.64. The minimum Gasteiger partial charge on any atom is -0.497 e. The first-order valence-corrected chi connectivity index (χ1v) is 5.22. The van der Waals surface area contributed by atoms with Gasteiger partial charge in [-0.25, -0.2) is 0 Å². The summed E-state index contributed by atoms with van der Waals surface area (Å²) in [5.74, 6) is 1.59. The molecule has 0 aliphatic carbocycles. The molecule has 0 spiro atoms. The molecule has 14 heavy (non-hydrogen) atoms. The third kappa shape index (κ3) is 3.11. The second kappa shape index (κ2) is 5.76. The molecule has 0 unspecified atom stereocenters. The molecule has 0 amide bonds. The van der Waals surface area contributed by atoms with Crippen LogP contribution in [-0.2, 0) is 0 Å². The van der Waals surface area contributed by atoms with Gasteiger partial charge >= 0.3 is 0 Å². The summed E-state index contributed by atoms with van der Waals surface area (Å²) in [5, 5.41) is 0. The number of rotatable bonds is 5. The molecule has 0 N–H and O–H groups in total. The van der Waals surface area contributed by atoms with Crippen LogP contribution in [0.15, 0.2) is 24.3 Å². The summed E-state index contributed by atoms with van der Waals surface area (Å²) >= 11 is 5.64. The number of alkyl halides is 1. The highest BCUT2D eigenvalue weighted by Gasteiger charge is 2.00. The summed E-state index contributed by atoms with van der Waals surface area (Å²) in [6, 6.07) is 8.02. The molecular weight excluding hydrogens is 198 g/mol. The maximum Gasteiger partial charge on any atom is 0.120 e. The largest absolute Gasteiger partial charge is 0.497 e. The van der Waals surface area contributed by atoms with E-state index in [1.807, 2.05) is 18.2 Å². The number of halogens is 1. The molecule has 1 rings (SSSR count).